The first-order chi connectivity index (χ1) is 8.49. The molecule has 1 rings (SSSR count). The monoisotopic (exact) mass is 251 g/mol. The summed E-state index contributed by atoms with van der Waals surface area (Å²) < 4.78 is 5.33. The van der Waals surface area contributed by atoms with Crippen LogP contribution in [0.1, 0.15) is 25.2 Å². The topological polar surface area (TPSA) is 77.2 Å². The predicted octanol–water partition coefficient (Wildman–Crippen LogP) is 1.000. The van der Waals surface area contributed by atoms with Gasteiger partial charge in [0.15, 0.2) is 6.61 Å². The Hall–Kier alpha value is -1.62. The van der Waals surface area contributed by atoms with Crippen molar-refractivity contribution in [1.82, 2.24) is 10.3 Å². The number of ether oxygens (including phenoxy) is 1. The van der Waals surface area contributed by atoms with Crippen LogP contribution in [0.2, 0.25) is 0 Å². The van der Waals surface area contributed by atoms with E-state index in [0.717, 1.165) is 17.9 Å². The van der Waals surface area contributed by atoms with Gasteiger partial charge in [0.2, 0.25) is 0 Å². The van der Waals surface area contributed by atoms with Crippen LogP contribution in [0.25, 0.3) is 0 Å². The largest absolute Gasteiger partial charge is 0.482 e. The molecule has 0 aliphatic carbocycles. The fourth-order valence-corrected chi connectivity index (χ4v) is 1.48. The molecule has 0 spiro atoms. The van der Waals surface area contributed by atoms with E-state index < -0.39 is 5.91 Å². The van der Waals surface area contributed by atoms with Crippen LogP contribution in [0.15, 0.2) is 12.1 Å². The molecule has 0 saturated carbocycles. The van der Waals surface area contributed by atoms with Crippen molar-refractivity contribution in [3.63, 3.8) is 0 Å². The first-order valence-corrected chi connectivity index (χ1v) is 6.07. The average molecular weight is 251 g/mol. The number of aryl methyl sites for hydroxylation is 1. The van der Waals surface area contributed by atoms with Gasteiger partial charge in [-0.15, -0.1) is 0 Å². The molecule has 1 aromatic heterocycles. The molecule has 1 aromatic rings. The van der Waals surface area contributed by atoms with E-state index in [-0.39, 0.29) is 6.61 Å². The quantitative estimate of drug-likeness (QED) is 0.758. The molecule has 0 aromatic carbocycles. The van der Waals surface area contributed by atoms with Gasteiger partial charge in [0.25, 0.3) is 5.91 Å². The normalized spacial score (nSPS) is 10.7. The van der Waals surface area contributed by atoms with Crippen molar-refractivity contribution in [2.24, 2.45) is 11.7 Å². The van der Waals surface area contributed by atoms with Gasteiger partial charge < -0.3 is 15.8 Å². The Bertz CT molecular complexity index is 405. The van der Waals surface area contributed by atoms with Gasteiger partial charge in [0.1, 0.15) is 5.75 Å². The lowest BCUT2D eigenvalue weighted by Gasteiger charge is -2.12. The molecule has 0 bridgehead atoms. The van der Waals surface area contributed by atoms with Gasteiger partial charge in [-0.25, -0.2) is 0 Å². The number of aromatic nitrogens is 1. The highest BCUT2D eigenvalue weighted by Gasteiger charge is 2.07. The van der Waals surface area contributed by atoms with Crippen LogP contribution in [0.5, 0.6) is 5.75 Å². The fourth-order valence-electron chi connectivity index (χ4n) is 1.48. The molecular weight excluding hydrogens is 230 g/mol. The molecule has 0 radical (unpaired) electrons. The summed E-state index contributed by atoms with van der Waals surface area (Å²) >= 11 is 0. The lowest BCUT2D eigenvalue weighted by atomic mass is 10.2. The highest BCUT2D eigenvalue weighted by atomic mass is 16.5. The minimum atomic E-state index is -0.489. The van der Waals surface area contributed by atoms with Crippen molar-refractivity contribution in [3.8, 4) is 5.75 Å². The van der Waals surface area contributed by atoms with Crippen LogP contribution in [0.4, 0.5) is 0 Å². The zero-order valence-corrected chi connectivity index (χ0v) is 11.2. The Kier molecular flexibility index (Phi) is 5.58. The van der Waals surface area contributed by atoms with E-state index in [1.165, 1.54) is 0 Å². The lowest BCUT2D eigenvalue weighted by molar-refractivity contribution is -0.119. The van der Waals surface area contributed by atoms with Gasteiger partial charge in [0.05, 0.1) is 5.69 Å². The summed E-state index contributed by atoms with van der Waals surface area (Å²) in [4.78, 5) is 15.1. The van der Waals surface area contributed by atoms with Gasteiger partial charge in [-0.1, -0.05) is 13.8 Å². The van der Waals surface area contributed by atoms with E-state index in [2.05, 4.69) is 24.1 Å². The number of primary amides is 1. The van der Waals surface area contributed by atoms with Crippen molar-refractivity contribution in [3.05, 3.63) is 23.5 Å². The molecule has 100 valence electrons. The number of nitrogens with zero attached hydrogens (tertiary/aromatic N) is 1. The summed E-state index contributed by atoms with van der Waals surface area (Å²) in [5, 5.41) is 3.30. The smallest absolute Gasteiger partial charge is 0.255 e. The van der Waals surface area contributed by atoms with Gasteiger partial charge in [-0.2, -0.15) is 0 Å². The van der Waals surface area contributed by atoms with Crippen LogP contribution in [-0.4, -0.2) is 24.0 Å². The van der Waals surface area contributed by atoms with Crippen LogP contribution in [-0.2, 0) is 11.3 Å². The summed E-state index contributed by atoms with van der Waals surface area (Å²) in [5.41, 5.74) is 6.78. The number of nitrogens with two attached hydrogens (primary N) is 1. The molecule has 3 N–H and O–H groups in total. The second-order valence-corrected chi connectivity index (χ2v) is 4.68. The number of carbonyl (C=O) groups is 1. The van der Waals surface area contributed by atoms with E-state index in [9.17, 15) is 4.79 Å². The van der Waals surface area contributed by atoms with Gasteiger partial charge in [0, 0.05) is 12.2 Å². The molecule has 5 heteroatoms. The van der Waals surface area contributed by atoms with Crippen LogP contribution >= 0.6 is 0 Å². The fraction of sp³-hybridized carbons (Fsp3) is 0.538. The maximum Gasteiger partial charge on any atom is 0.255 e. The van der Waals surface area contributed by atoms with Crippen molar-refractivity contribution < 1.29 is 9.53 Å². The number of carbonyl (C=O) groups excluding carboxylic acids is 1. The van der Waals surface area contributed by atoms with E-state index >= 15 is 0 Å². The predicted molar refractivity (Wildman–Crippen MR) is 70.2 cm³/mol. The average Bonchev–Trinajstić information content (AvgIpc) is 2.27. The van der Waals surface area contributed by atoms with E-state index in [1.807, 2.05) is 19.1 Å². The van der Waals surface area contributed by atoms with Crippen molar-refractivity contribution in [2.75, 3.05) is 13.2 Å². The summed E-state index contributed by atoms with van der Waals surface area (Å²) in [6.07, 6.45) is 0. The Morgan fingerprint density at radius 1 is 1.50 bits per heavy atom. The maximum atomic E-state index is 10.7. The molecule has 18 heavy (non-hydrogen) atoms. The third-order valence-corrected chi connectivity index (χ3v) is 2.29. The summed E-state index contributed by atoms with van der Waals surface area (Å²) in [6, 6.07) is 3.67. The third-order valence-electron chi connectivity index (χ3n) is 2.29. The van der Waals surface area contributed by atoms with Crippen LogP contribution in [0, 0.1) is 12.8 Å². The van der Waals surface area contributed by atoms with E-state index in [1.54, 1.807) is 0 Å². The number of hydrogen-bond acceptors (Lipinski definition) is 4. The lowest BCUT2D eigenvalue weighted by Crippen LogP contribution is -2.23. The number of nitrogens with one attached hydrogen (secondary N) is 1. The molecule has 0 atom stereocenters. The highest BCUT2D eigenvalue weighted by Crippen LogP contribution is 2.16. The highest BCUT2D eigenvalue weighted by molar-refractivity contribution is 5.75. The van der Waals surface area contributed by atoms with E-state index in [0.29, 0.717) is 18.2 Å². The molecule has 0 fully saturated rings. The molecule has 5 nitrogen and oxygen atoms in total. The van der Waals surface area contributed by atoms with Crippen LogP contribution in [0.3, 0.4) is 0 Å². The Morgan fingerprint density at radius 2 is 2.22 bits per heavy atom. The zero-order valence-electron chi connectivity index (χ0n) is 11.2. The van der Waals surface area contributed by atoms with Crippen molar-refractivity contribution in [1.29, 1.82) is 0 Å². The molecule has 0 aliphatic heterocycles. The maximum absolute atomic E-state index is 10.7. The Labute approximate surface area is 108 Å². The van der Waals surface area contributed by atoms with Crippen molar-refractivity contribution >= 4 is 5.91 Å². The first kappa shape index (κ1) is 14.4. The van der Waals surface area contributed by atoms with Gasteiger partial charge in [-0.3, -0.25) is 9.78 Å². The number of hydrogen-bond donors (Lipinski definition) is 2. The molecular formula is C13H21N3O2. The Morgan fingerprint density at radius 3 is 2.83 bits per heavy atom. The standard InChI is InChI=1S/C13H21N3O2/c1-9(2)6-15-7-11-12(18-8-13(14)17)5-4-10(3)16-11/h4-5,9,15H,6-8H2,1-3H3,(H2,14,17). The third kappa shape index (κ3) is 5.14. The summed E-state index contributed by atoms with van der Waals surface area (Å²) in [5.74, 6) is 0.692. The molecule has 0 aliphatic rings. The second kappa shape index (κ2) is 6.96. The summed E-state index contributed by atoms with van der Waals surface area (Å²) in [7, 11) is 0. The minimum Gasteiger partial charge on any atom is -0.482 e. The van der Waals surface area contributed by atoms with Crippen molar-refractivity contribution in [2.45, 2.75) is 27.3 Å². The first-order valence-electron chi connectivity index (χ1n) is 6.07. The van der Waals surface area contributed by atoms with Gasteiger partial charge in [-0.05, 0) is 31.5 Å². The number of amides is 1. The van der Waals surface area contributed by atoms with Crippen LogP contribution < -0.4 is 15.8 Å². The summed E-state index contributed by atoms with van der Waals surface area (Å²) in [6.45, 7) is 7.60. The molecule has 1 amide bonds. The van der Waals surface area contributed by atoms with Gasteiger partial charge >= 0.3 is 0 Å². The molecule has 0 unspecified atom stereocenters. The minimum absolute atomic E-state index is 0.123. The molecule has 0 saturated heterocycles. The molecule has 1 heterocycles. The van der Waals surface area contributed by atoms with E-state index in [4.69, 9.17) is 10.5 Å². The second-order valence-electron chi connectivity index (χ2n) is 4.68. The Balaban J connectivity index is 2.67. The number of rotatable bonds is 7. The zero-order chi connectivity index (χ0) is 13.5. The SMILES string of the molecule is Cc1ccc(OCC(N)=O)c(CNCC(C)C)n1. The number of pyridine rings is 1.